The fraction of sp³-hybridized carbons (Fsp3) is 0.562. The van der Waals surface area contributed by atoms with Crippen molar-refractivity contribution in [1.29, 1.82) is 0 Å². The summed E-state index contributed by atoms with van der Waals surface area (Å²) in [6, 6.07) is 15.7. The Bertz CT molecular complexity index is 1120. The fourth-order valence-electron chi connectivity index (χ4n) is 5.38. The molecule has 0 radical (unpaired) electrons. The summed E-state index contributed by atoms with van der Waals surface area (Å²) in [7, 11) is 3.26. The van der Waals surface area contributed by atoms with E-state index in [1.54, 1.807) is 32.4 Å². The number of amides is 3. The molecule has 2 fully saturated rings. The minimum absolute atomic E-state index is 0.00458. The van der Waals surface area contributed by atoms with Gasteiger partial charge >= 0.3 is 6.03 Å². The molecule has 0 aromatic heterocycles. The number of carbonyl (C=O) groups excluding carboxylic acids is 2. The number of nitrogens with one attached hydrogen (secondary N) is 2. The van der Waals surface area contributed by atoms with E-state index < -0.39 is 0 Å². The normalized spacial score (nSPS) is 18.3. The van der Waals surface area contributed by atoms with Gasteiger partial charge in [0.05, 0.1) is 13.7 Å². The van der Waals surface area contributed by atoms with Crippen LogP contribution >= 0.6 is 0 Å². The van der Waals surface area contributed by atoms with Crippen molar-refractivity contribution >= 4 is 11.9 Å². The van der Waals surface area contributed by atoms with E-state index >= 15 is 0 Å². The summed E-state index contributed by atoms with van der Waals surface area (Å²) in [6.45, 7) is 8.66. The van der Waals surface area contributed by atoms with Crippen molar-refractivity contribution in [1.82, 2.24) is 20.4 Å². The van der Waals surface area contributed by atoms with E-state index in [-0.39, 0.29) is 29.8 Å². The summed E-state index contributed by atoms with van der Waals surface area (Å²) < 4.78 is 16.5. The lowest BCUT2D eigenvalue weighted by Crippen LogP contribution is -2.47. The van der Waals surface area contributed by atoms with Crippen LogP contribution in [0.1, 0.15) is 49.0 Å². The maximum absolute atomic E-state index is 13.8. The van der Waals surface area contributed by atoms with Crippen LogP contribution in [0.5, 0.6) is 11.5 Å². The SMILES string of the molecule is COCCCOc1cc(C(=O)N(CC2CNC[C@H]2CN(C(=O)NCc2ccccc2)C2CC2)C(C)C)ccc1OC. The Kier molecular flexibility index (Phi) is 11.3. The Labute approximate surface area is 244 Å². The van der Waals surface area contributed by atoms with E-state index in [4.69, 9.17) is 14.2 Å². The Morgan fingerprint density at radius 3 is 2.37 bits per heavy atom. The molecule has 0 spiro atoms. The first-order valence-electron chi connectivity index (χ1n) is 14.8. The molecular weight excluding hydrogens is 520 g/mol. The van der Waals surface area contributed by atoms with Gasteiger partial charge in [-0.05, 0) is 62.3 Å². The molecule has 1 saturated heterocycles. The van der Waals surface area contributed by atoms with Crippen LogP contribution in [0, 0.1) is 11.8 Å². The zero-order valence-electron chi connectivity index (χ0n) is 24.9. The first kappa shape index (κ1) is 30.7. The fourth-order valence-corrected chi connectivity index (χ4v) is 5.38. The Morgan fingerprint density at radius 1 is 0.976 bits per heavy atom. The van der Waals surface area contributed by atoms with Gasteiger partial charge in [0.25, 0.3) is 5.91 Å². The molecule has 1 unspecified atom stereocenters. The highest BCUT2D eigenvalue weighted by molar-refractivity contribution is 5.95. The summed E-state index contributed by atoms with van der Waals surface area (Å²) in [5.74, 6) is 1.63. The molecule has 2 aromatic carbocycles. The summed E-state index contributed by atoms with van der Waals surface area (Å²) in [4.78, 5) is 31.0. The van der Waals surface area contributed by atoms with Crippen molar-refractivity contribution in [3.63, 3.8) is 0 Å². The lowest BCUT2D eigenvalue weighted by atomic mass is 9.94. The number of rotatable bonds is 15. The third kappa shape index (κ3) is 8.60. The van der Waals surface area contributed by atoms with Crippen molar-refractivity contribution in [2.75, 3.05) is 53.6 Å². The smallest absolute Gasteiger partial charge is 0.317 e. The number of nitrogens with zero attached hydrogens (tertiary/aromatic N) is 2. The molecule has 2 N–H and O–H groups in total. The summed E-state index contributed by atoms with van der Waals surface area (Å²) in [5, 5.41) is 6.64. The zero-order valence-corrected chi connectivity index (χ0v) is 24.9. The quantitative estimate of drug-likeness (QED) is 0.315. The zero-order chi connectivity index (χ0) is 29.2. The van der Waals surface area contributed by atoms with Gasteiger partial charge in [0.1, 0.15) is 0 Å². The third-order valence-corrected chi connectivity index (χ3v) is 7.92. The molecule has 1 aliphatic carbocycles. The van der Waals surface area contributed by atoms with Gasteiger partial charge in [-0.3, -0.25) is 4.79 Å². The van der Waals surface area contributed by atoms with Gasteiger partial charge in [-0.1, -0.05) is 30.3 Å². The highest BCUT2D eigenvalue weighted by Gasteiger charge is 2.38. The molecule has 9 nitrogen and oxygen atoms in total. The molecule has 3 amide bonds. The molecule has 224 valence electrons. The predicted octanol–water partition coefficient (Wildman–Crippen LogP) is 4.17. The largest absolute Gasteiger partial charge is 0.493 e. The molecule has 41 heavy (non-hydrogen) atoms. The molecule has 9 heteroatoms. The van der Waals surface area contributed by atoms with Crippen molar-refractivity contribution in [3.8, 4) is 11.5 Å². The number of benzene rings is 2. The molecule has 4 rings (SSSR count). The van der Waals surface area contributed by atoms with Gasteiger partial charge in [-0.25, -0.2) is 4.79 Å². The Hall–Kier alpha value is -3.30. The van der Waals surface area contributed by atoms with Crippen molar-refractivity contribution in [2.24, 2.45) is 11.8 Å². The van der Waals surface area contributed by atoms with Gasteiger partial charge in [0.2, 0.25) is 0 Å². The lowest BCUT2D eigenvalue weighted by Gasteiger charge is -2.33. The second-order valence-corrected chi connectivity index (χ2v) is 11.3. The molecule has 2 aliphatic rings. The number of ether oxygens (including phenoxy) is 3. The van der Waals surface area contributed by atoms with Crippen molar-refractivity contribution in [3.05, 3.63) is 59.7 Å². The molecule has 1 heterocycles. The van der Waals surface area contributed by atoms with Gasteiger partial charge < -0.3 is 34.6 Å². The van der Waals surface area contributed by atoms with Crippen LogP contribution < -0.4 is 20.1 Å². The molecular formula is C32H46N4O5. The summed E-state index contributed by atoms with van der Waals surface area (Å²) in [6.07, 6.45) is 2.84. The summed E-state index contributed by atoms with van der Waals surface area (Å²) in [5.41, 5.74) is 1.66. The van der Waals surface area contributed by atoms with Crippen molar-refractivity contribution in [2.45, 2.75) is 51.7 Å². The molecule has 1 aliphatic heterocycles. The van der Waals surface area contributed by atoms with Crippen LogP contribution in [-0.4, -0.2) is 87.4 Å². The highest BCUT2D eigenvalue weighted by atomic mass is 16.5. The standard InChI is InChI=1S/C32H46N4O5/c1-23(2)35(31(37)25-11-14-29(40-4)30(17-25)41-16-8-15-39-3)21-26-19-33-20-27(26)22-36(28-12-13-28)32(38)34-18-24-9-6-5-7-10-24/h5-7,9-11,14,17,23,26-28,33H,8,12-13,15-16,18-22H2,1-4H3,(H,34,38)/t26?,27-/m0/s1. The van der Waals surface area contributed by atoms with Crippen LogP contribution in [0.2, 0.25) is 0 Å². The number of urea groups is 1. The molecule has 0 bridgehead atoms. The van der Waals surface area contributed by atoms with Crippen LogP contribution in [-0.2, 0) is 11.3 Å². The second kappa shape index (κ2) is 15.1. The second-order valence-electron chi connectivity index (χ2n) is 11.3. The Morgan fingerprint density at radius 2 is 1.71 bits per heavy atom. The van der Waals surface area contributed by atoms with E-state index in [0.29, 0.717) is 56.0 Å². The number of hydrogen-bond donors (Lipinski definition) is 2. The number of hydrogen-bond acceptors (Lipinski definition) is 6. The van der Waals surface area contributed by atoms with E-state index in [0.717, 1.165) is 37.9 Å². The van der Waals surface area contributed by atoms with E-state index in [1.807, 2.05) is 40.1 Å². The first-order valence-corrected chi connectivity index (χ1v) is 14.8. The van der Waals surface area contributed by atoms with Crippen LogP contribution in [0.25, 0.3) is 0 Å². The monoisotopic (exact) mass is 566 g/mol. The van der Waals surface area contributed by atoms with Gasteiger partial charge in [-0.2, -0.15) is 0 Å². The summed E-state index contributed by atoms with van der Waals surface area (Å²) >= 11 is 0. The molecule has 2 atom stereocenters. The average Bonchev–Trinajstić information content (AvgIpc) is 3.74. The van der Waals surface area contributed by atoms with E-state index in [1.165, 1.54) is 0 Å². The average molecular weight is 567 g/mol. The first-order chi connectivity index (χ1) is 19.9. The Balaban J connectivity index is 1.40. The maximum Gasteiger partial charge on any atom is 0.317 e. The predicted molar refractivity (Wildman–Crippen MR) is 159 cm³/mol. The molecule has 1 saturated carbocycles. The minimum atomic E-state index is -0.0327. The number of methoxy groups -OCH3 is 2. The van der Waals surface area contributed by atoms with E-state index in [9.17, 15) is 9.59 Å². The van der Waals surface area contributed by atoms with Crippen LogP contribution in [0.3, 0.4) is 0 Å². The lowest BCUT2D eigenvalue weighted by molar-refractivity contribution is 0.0652. The van der Waals surface area contributed by atoms with E-state index in [2.05, 4.69) is 24.5 Å². The minimum Gasteiger partial charge on any atom is -0.493 e. The highest BCUT2D eigenvalue weighted by Crippen LogP contribution is 2.32. The topological polar surface area (TPSA) is 92.4 Å². The van der Waals surface area contributed by atoms with Crippen molar-refractivity contribution < 1.29 is 23.8 Å². The number of carbonyl (C=O) groups is 2. The molecule has 2 aromatic rings. The van der Waals surface area contributed by atoms with Crippen LogP contribution in [0.4, 0.5) is 4.79 Å². The van der Waals surface area contributed by atoms with Gasteiger partial charge in [0.15, 0.2) is 11.5 Å². The van der Waals surface area contributed by atoms with Gasteiger partial charge in [0, 0.05) is 70.5 Å². The van der Waals surface area contributed by atoms with Gasteiger partial charge in [-0.15, -0.1) is 0 Å². The maximum atomic E-state index is 13.8. The van der Waals surface area contributed by atoms with Crippen LogP contribution in [0.15, 0.2) is 48.5 Å². The third-order valence-electron chi connectivity index (χ3n) is 7.92.